The van der Waals surface area contributed by atoms with Crippen LogP contribution >= 0.6 is 0 Å². The number of aromatic nitrogens is 3. The van der Waals surface area contributed by atoms with E-state index >= 15 is 0 Å². The Balaban J connectivity index is 1.33. The molecule has 3 aromatic rings. The van der Waals surface area contributed by atoms with Crippen LogP contribution in [0.4, 0.5) is 5.95 Å². The number of aromatic amines is 1. The number of hydrogen-bond donors (Lipinski definition) is 1. The van der Waals surface area contributed by atoms with Crippen LogP contribution in [-0.4, -0.2) is 53.6 Å². The molecule has 7 heteroatoms. The average molecular weight is 446 g/mol. The highest BCUT2D eigenvalue weighted by molar-refractivity contribution is 5.85. The number of piperidine rings is 1. The molecule has 0 atom stereocenters. The molecule has 0 amide bonds. The third-order valence-corrected chi connectivity index (χ3v) is 7.64. The van der Waals surface area contributed by atoms with E-state index in [1.807, 2.05) is 18.3 Å². The van der Waals surface area contributed by atoms with Crippen molar-refractivity contribution in [3.63, 3.8) is 0 Å². The molecule has 0 bridgehead atoms. The molecule has 1 aromatic carbocycles. The highest BCUT2D eigenvalue weighted by atomic mass is 16.5. The second-order valence-corrected chi connectivity index (χ2v) is 9.86. The summed E-state index contributed by atoms with van der Waals surface area (Å²) < 4.78 is 5.51. The molecule has 0 spiro atoms. The number of rotatable bonds is 4. The average Bonchev–Trinajstić information content (AvgIpc) is 3.68. The normalized spacial score (nSPS) is 19.6. The molecule has 1 N–H and O–H groups in total. The lowest BCUT2D eigenvalue weighted by Crippen LogP contribution is -2.35. The Labute approximate surface area is 193 Å². The maximum Gasteiger partial charge on any atom is 0.260 e. The van der Waals surface area contributed by atoms with Gasteiger partial charge in [0.15, 0.2) is 0 Å². The summed E-state index contributed by atoms with van der Waals surface area (Å²) in [4.78, 5) is 30.6. The summed E-state index contributed by atoms with van der Waals surface area (Å²) in [5.41, 5.74) is 5.75. The van der Waals surface area contributed by atoms with E-state index < -0.39 is 0 Å². The fourth-order valence-electron chi connectivity index (χ4n) is 5.58. The summed E-state index contributed by atoms with van der Waals surface area (Å²) in [6.45, 7) is 3.84. The van der Waals surface area contributed by atoms with Crippen LogP contribution in [0.2, 0.25) is 0 Å². The minimum absolute atomic E-state index is 0.0490. The highest BCUT2D eigenvalue weighted by Crippen LogP contribution is 2.43. The predicted molar refractivity (Wildman–Crippen MR) is 129 cm³/mol. The van der Waals surface area contributed by atoms with Gasteiger partial charge in [0.05, 0.1) is 18.0 Å². The van der Waals surface area contributed by atoms with Gasteiger partial charge in [-0.15, -0.1) is 0 Å². The second kappa shape index (κ2) is 8.13. The van der Waals surface area contributed by atoms with Gasteiger partial charge < -0.3 is 14.5 Å². The van der Waals surface area contributed by atoms with Crippen molar-refractivity contribution in [2.75, 3.05) is 38.7 Å². The van der Waals surface area contributed by atoms with Crippen molar-refractivity contribution in [1.82, 2.24) is 19.9 Å². The molecule has 1 aliphatic carbocycles. The molecule has 172 valence electrons. The number of ether oxygens (including phenoxy) is 1. The van der Waals surface area contributed by atoms with Crippen molar-refractivity contribution in [3.05, 3.63) is 57.1 Å². The Kier molecular flexibility index (Phi) is 5.09. The van der Waals surface area contributed by atoms with Crippen molar-refractivity contribution in [2.24, 2.45) is 0 Å². The largest absolute Gasteiger partial charge is 0.497 e. The lowest BCUT2D eigenvalue weighted by Gasteiger charge is -2.34. The molecular formula is C26H31N5O2. The van der Waals surface area contributed by atoms with Crippen LogP contribution in [0.5, 0.6) is 5.75 Å². The van der Waals surface area contributed by atoms with E-state index in [4.69, 9.17) is 14.7 Å². The summed E-state index contributed by atoms with van der Waals surface area (Å²) in [6.07, 6.45) is 7.49. The maximum absolute atomic E-state index is 13.2. The Morgan fingerprint density at radius 3 is 2.67 bits per heavy atom. The van der Waals surface area contributed by atoms with Crippen LogP contribution in [0.25, 0.3) is 10.9 Å². The number of H-pyrrole nitrogens is 1. The van der Waals surface area contributed by atoms with Gasteiger partial charge in [-0.2, -0.15) is 0 Å². The molecule has 1 saturated carbocycles. The fraction of sp³-hybridized carbons (Fsp3) is 0.500. The number of benzene rings is 1. The van der Waals surface area contributed by atoms with Crippen molar-refractivity contribution in [1.29, 1.82) is 0 Å². The van der Waals surface area contributed by atoms with E-state index in [9.17, 15) is 4.79 Å². The number of nitrogens with zero attached hydrogens (tertiary/aromatic N) is 4. The van der Waals surface area contributed by atoms with Crippen molar-refractivity contribution in [3.8, 4) is 5.75 Å². The molecule has 2 aliphatic heterocycles. The van der Waals surface area contributed by atoms with Crippen LogP contribution in [0.15, 0.2) is 29.2 Å². The molecule has 33 heavy (non-hydrogen) atoms. The Morgan fingerprint density at radius 2 is 1.91 bits per heavy atom. The van der Waals surface area contributed by atoms with Gasteiger partial charge >= 0.3 is 0 Å². The topological polar surface area (TPSA) is 74.4 Å². The lowest BCUT2D eigenvalue weighted by atomic mass is 9.87. The third kappa shape index (κ3) is 3.78. The quantitative estimate of drug-likeness (QED) is 0.662. The SMILES string of the molecule is COc1cc(C2CC2)c2c(=O)[nH]c(N3CCc4c(ccnc4C4CCN(C)CC4)C3)nc2c1. The van der Waals surface area contributed by atoms with Gasteiger partial charge in [-0.3, -0.25) is 14.8 Å². The van der Waals surface area contributed by atoms with Gasteiger partial charge in [0.2, 0.25) is 5.95 Å². The number of anilines is 1. The van der Waals surface area contributed by atoms with E-state index in [1.54, 1.807) is 7.11 Å². The molecular weight excluding hydrogens is 414 g/mol. The van der Waals surface area contributed by atoms with Crippen molar-refractivity contribution < 1.29 is 4.74 Å². The molecule has 4 heterocycles. The Bertz CT molecular complexity index is 1260. The first kappa shape index (κ1) is 20.7. The van der Waals surface area contributed by atoms with E-state index in [0.717, 1.165) is 62.3 Å². The first-order valence-corrected chi connectivity index (χ1v) is 12.1. The number of fused-ring (bicyclic) bond motifs is 2. The second-order valence-electron chi connectivity index (χ2n) is 9.86. The summed E-state index contributed by atoms with van der Waals surface area (Å²) in [5, 5.41) is 0.716. The van der Waals surface area contributed by atoms with Gasteiger partial charge in [-0.25, -0.2) is 4.98 Å². The fourth-order valence-corrected chi connectivity index (χ4v) is 5.58. The molecule has 0 radical (unpaired) electrons. The van der Waals surface area contributed by atoms with Crippen LogP contribution in [0.3, 0.4) is 0 Å². The molecule has 0 unspecified atom stereocenters. The minimum Gasteiger partial charge on any atom is -0.497 e. The lowest BCUT2D eigenvalue weighted by molar-refractivity contribution is 0.252. The number of methoxy groups -OCH3 is 1. The molecule has 2 aromatic heterocycles. The van der Waals surface area contributed by atoms with Crippen LogP contribution in [0, 0.1) is 0 Å². The van der Waals surface area contributed by atoms with Crippen molar-refractivity contribution in [2.45, 2.75) is 50.5 Å². The number of nitrogens with one attached hydrogen (secondary N) is 1. The van der Waals surface area contributed by atoms with E-state index in [1.165, 1.54) is 29.7 Å². The van der Waals surface area contributed by atoms with Crippen LogP contribution in [0.1, 0.15) is 59.9 Å². The third-order valence-electron chi connectivity index (χ3n) is 7.64. The molecule has 7 nitrogen and oxygen atoms in total. The van der Waals surface area contributed by atoms with E-state index in [0.29, 0.717) is 23.2 Å². The monoisotopic (exact) mass is 445 g/mol. The highest BCUT2D eigenvalue weighted by Gasteiger charge is 2.29. The van der Waals surface area contributed by atoms with Gasteiger partial charge in [0, 0.05) is 37.0 Å². The predicted octanol–water partition coefficient (Wildman–Crippen LogP) is 3.58. The summed E-state index contributed by atoms with van der Waals surface area (Å²) in [6, 6.07) is 6.03. The van der Waals surface area contributed by atoms with Gasteiger partial charge in [0.25, 0.3) is 5.56 Å². The summed E-state index contributed by atoms with van der Waals surface area (Å²) in [7, 11) is 3.87. The zero-order chi connectivity index (χ0) is 22.5. The summed E-state index contributed by atoms with van der Waals surface area (Å²) >= 11 is 0. The smallest absolute Gasteiger partial charge is 0.260 e. The number of likely N-dealkylation sites (tertiary alicyclic amines) is 1. The van der Waals surface area contributed by atoms with Crippen molar-refractivity contribution >= 4 is 16.9 Å². The number of hydrogen-bond acceptors (Lipinski definition) is 6. The molecule has 1 saturated heterocycles. The van der Waals surface area contributed by atoms with Crippen LogP contribution in [-0.2, 0) is 13.0 Å². The molecule has 3 aliphatic rings. The Hall–Kier alpha value is -2.93. The minimum atomic E-state index is -0.0490. The van der Waals surface area contributed by atoms with Crippen LogP contribution < -0.4 is 15.2 Å². The zero-order valence-electron chi connectivity index (χ0n) is 19.4. The van der Waals surface area contributed by atoms with Gasteiger partial charge in [-0.1, -0.05) is 0 Å². The maximum atomic E-state index is 13.2. The molecule has 6 rings (SSSR count). The van der Waals surface area contributed by atoms with E-state index in [2.05, 4.69) is 27.9 Å². The van der Waals surface area contributed by atoms with Gasteiger partial charge in [-0.05, 0) is 87.0 Å². The molecule has 2 fully saturated rings. The summed E-state index contributed by atoms with van der Waals surface area (Å²) in [5.74, 6) is 2.41. The number of pyridine rings is 1. The standard InChI is InChI=1S/C26H31N5O2/c1-30-10-6-17(7-11-30)24-20-8-12-31(15-18(20)5-9-27-24)26-28-22-14-19(33-2)13-21(16-3-4-16)23(22)25(32)29-26/h5,9,13-14,16-17H,3-4,6-8,10-12,15H2,1-2H3,(H,28,29,32). The van der Waals surface area contributed by atoms with E-state index in [-0.39, 0.29) is 5.56 Å². The van der Waals surface area contributed by atoms with Gasteiger partial charge in [0.1, 0.15) is 5.75 Å². The first-order chi connectivity index (χ1) is 16.1. The Morgan fingerprint density at radius 1 is 1.09 bits per heavy atom. The first-order valence-electron chi connectivity index (χ1n) is 12.1. The zero-order valence-corrected chi connectivity index (χ0v) is 19.4.